The predicted octanol–water partition coefficient (Wildman–Crippen LogP) is 0.611. The molecule has 2 aromatic rings. The number of alkyl halides is 1. The summed E-state index contributed by atoms with van der Waals surface area (Å²) in [5, 5.41) is 9.65. The molecule has 6 nitrogen and oxygen atoms in total. The number of carbonyl (C=O) groups excluding carboxylic acids is 1. The summed E-state index contributed by atoms with van der Waals surface area (Å²) in [4.78, 5) is 16.0. The Morgan fingerprint density at radius 3 is 3.06 bits per heavy atom. The first kappa shape index (κ1) is 10.9. The zero-order valence-corrected chi connectivity index (χ0v) is 9.72. The third-order valence-electron chi connectivity index (χ3n) is 2.93. The van der Waals surface area contributed by atoms with Crippen molar-refractivity contribution in [3.05, 3.63) is 24.0 Å². The minimum absolute atomic E-state index is 0.337. The largest absolute Gasteiger partial charge is 0.373 e. The van der Waals surface area contributed by atoms with Crippen LogP contribution >= 0.6 is 0 Å². The summed E-state index contributed by atoms with van der Waals surface area (Å²) < 4.78 is 14.3. The summed E-state index contributed by atoms with van der Waals surface area (Å²) in [5.41, 5.74) is 0.807. The van der Waals surface area contributed by atoms with E-state index in [0.717, 1.165) is 5.82 Å². The number of carbonyl (C=O) groups is 1. The van der Waals surface area contributed by atoms with Crippen molar-refractivity contribution in [3.8, 4) is 0 Å². The van der Waals surface area contributed by atoms with Crippen LogP contribution < -0.4 is 10.6 Å². The molecule has 0 spiro atoms. The second kappa shape index (κ2) is 3.94. The summed E-state index contributed by atoms with van der Waals surface area (Å²) >= 11 is 0. The Morgan fingerprint density at radius 1 is 1.61 bits per heavy atom. The third-order valence-corrected chi connectivity index (χ3v) is 2.93. The topological polar surface area (TPSA) is 71.3 Å². The fourth-order valence-electron chi connectivity index (χ4n) is 1.80. The zero-order valence-electron chi connectivity index (χ0n) is 9.72. The lowest BCUT2D eigenvalue weighted by Gasteiger charge is -2.03. The first-order chi connectivity index (χ1) is 8.70. The van der Waals surface area contributed by atoms with Crippen molar-refractivity contribution in [1.29, 1.82) is 0 Å². The van der Waals surface area contributed by atoms with Crippen molar-refractivity contribution in [2.75, 3.05) is 12.4 Å². The van der Waals surface area contributed by atoms with Gasteiger partial charge in [-0.25, -0.2) is 9.37 Å². The van der Waals surface area contributed by atoms with Gasteiger partial charge < -0.3 is 10.6 Å². The van der Waals surface area contributed by atoms with Crippen molar-refractivity contribution < 1.29 is 9.18 Å². The van der Waals surface area contributed by atoms with Crippen molar-refractivity contribution in [2.45, 2.75) is 18.6 Å². The van der Waals surface area contributed by atoms with Gasteiger partial charge in [0, 0.05) is 19.7 Å². The molecular formula is C11H12FN5O. The summed E-state index contributed by atoms with van der Waals surface area (Å²) in [6, 6.07) is 1.39. The molecule has 0 saturated heterocycles. The molecule has 2 atom stereocenters. The predicted molar refractivity (Wildman–Crippen MR) is 63.3 cm³/mol. The molecule has 0 unspecified atom stereocenters. The van der Waals surface area contributed by atoms with E-state index in [1.54, 1.807) is 19.3 Å². The average Bonchev–Trinajstić information content (AvgIpc) is 2.91. The lowest BCUT2D eigenvalue weighted by molar-refractivity contribution is 0.0949. The van der Waals surface area contributed by atoms with Crippen LogP contribution in [0.1, 0.15) is 16.8 Å². The Bertz CT molecular complexity index is 610. The van der Waals surface area contributed by atoms with Gasteiger partial charge in [0.25, 0.3) is 5.91 Å². The second-order valence-corrected chi connectivity index (χ2v) is 4.21. The molecule has 7 heteroatoms. The molecule has 94 valence electrons. The van der Waals surface area contributed by atoms with Gasteiger partial charge in [0.2, 0.25) is 0 Å². The SMILES string of the molecule is CNc1ccnc2c(C(=O)N[C@@H]3C[C@@H]3F)cnn12. The van der Waals surface area contributed by atoms with Crippen LogP contribution in [-0.2, 0) is 0 Å². The van der Waals surface area contributed by atoms with Gasteiger partial charge in [-0.3, -0.25) is 4.79 Å². The number of anilines is 1. The van der Waals surface area contributed by atoms with E-state index in [4.69, 9.17) is 0 Å². The molecule has 3 rings (SSSR count). The van der Waals surface area contributed by atoms with Crippen molar-refractivity contribution in [3.63, 3.8) is 0 Å². The van der Waals surface area contributed by atoms with E-state index >= 15 is 0 Å². The van der Waals surface area contributed by atoms with Crippen LogP contribution in [0.25, 0.3) is 5.65 Å². The first-order valence-electron chi connectivity index (χ1n) is 5.66. The molecule has 1 aliphatic rings. The maximum atomic E-state index is 12.7. The number of fused-ring (bicyclic) bond motifs is 1. The fourth-order valence-corrected chi connectivity index (χ4v) is 1.80. The highest BCUT2D eigenvalue weighted by Gasteiger charge is 2.39. The molecule has 18 heavy (non-hydrogen) atoms. The Morgan fingerprint density at radius 2 is 2.39 bits per heavy atom. The first-order valence-corrected chi connectivity index (χ1v) is 5.66. The molecule has 2 aromatic heterocycles. The molecule has 1 amide bonds. The van der Waals surface area contributed by atoms with Crippen LogP contribution in [0.5, 0.6) is 0 Å². The molecule has 2 heterocycles. The van der Waals surface area contributed by atoms with E-state index in [1.165, 1.54) is 10.7 Å². The van der Waals surface area contributed by atoms with Gasteiger partial charge in [-0.1, -0.05) is 0 Å². The second-order valence-electron chi connectivity index (χ2n) is 4.21. The maximum Gasteiger partial charge on any atom is 0.257 e. The molecule has 0 bridgehead atoms. The minimum Gasteiger partial charge on any atom is -0.373 e. The Hall–Kier alpha value is -2.18. The summed E-state index contributed by atoms with van der Waals surface area (Å²) in [5.74, 6) is 0.393. The molecule has 0 aromatic carbocycles. The summed E-state index contributed by atoms with van der Waals surface area (Å²) in [6.07, 6.45) is 2.50. The van der Waals surface area contributed by atoms with Crippen molar-refractivity contribution >= 4 is 17.4 Å². The van der Waals surface area contributed by atoms with E-state index in [2.05, 4.69) is 20.7 Å². The van der Waals surface area contributed by atoms with Gasteiger partial charge in [-0.15, -0.1) is 0 Å². The Labute approximate surface area is 102 Å². The van der Waals surface area contributed by atoms with E-state index in [-0.39, 0.29) is 11.9 Å². The third kappa shape index (κ3) is 1.68. The number of halogens is 1. The van der Waals surface area contributed by atoms with Crippen molar-refractivity contribution in [2.24, 2.45) is 0 Å². The van der Waals surface area contributed by atoms with E-state index in [1.807, 2.05) is 0 Å². The standard InChI is InChI=1S/C11H12FN5O/c1-13-9-2-3-14-10-6(5-15-17(9)10)11(18)16-8-4-7(8)12/h2-3,5,7-8,13H,4H2,1H3,(H,16,18)/t7-,8+/m0/s1. The lowest BCUT2D eigenvalue weighted by atomic mass is 10.3. The normalized spacial score (nSPS) is 21.9. The van der Waals surface area contributed by atoms with Crippen LogP contribution in [0.15, 0.2) is 18.5 Å². The molecule has 1 saturated carbocycles. The molecular weight excluding hydrogens is 237 g/mol. The average molecular weight is 249 g/mol. The quantitative estimate of drug-likeness (QED) is 0.836. The molecule has 1 aliphatic carbocycles. The fraction of sp³-hybridized carbons (Fsp3) is 0.364. The molecule has 2 N–H and O–H groups in total. The van der Waals surface area contributed by atoms with Crippen LogP contribution in [0.2, 0.25) is 0 Å². The summed E-state index contributed by atoms with van der Waals surface area (Å²) in [7, 11) is 1.76. The van der Waals surface area contributed by atoms with Gasteiger partial charge >= 0.3 is 0 Å². The van der Waals surface area contributed by atoms with E-state index < -0.39 is 6.17 Å². The number of amides is 1. The van der Waals surface area contributed by atoms with Gasteiger partial charge in [0.15, 0.2) is 5.65 Å². The number of nitrogens with one attached hydrogen (secondary N) is 2. The maximum absolute atomic E-state index is 12.7. The molecule has 0 aliphatic heterocycles. The van der Waals surface area contributed by atoms with Gasteiger partial charge in [-0.2, -0.15) is 9.61 Å². The number of aromatic nitrogens is 3. The Balaban J connectivity index is 1.94. The lowest BCUT2D eigenvalue weighted by Crippen LogP contribution is -2.27. The van der Waals surface area contributed by atoms with Crippen LogP contribution in [0.4, 0.5) is 10.2 Å². The van der Waals surface area contributed by atoms with E-state index in [0.29, 0.717) is 17.6 Å². The molecule has 1 fully saturated rings. The minimum atomic E-state index is -0.920. The number of hydrogen-bond acceptors (Lipinski definition) is 4. The van der Waals surface area contributed by atoms with Crippen molar-refractivity contribution in [1.82, 2.24) is 19.9 Å². The van der Waals surface area contributed by atoms with Gasteiger partial charge in [0.1, 0.15) is 17.6 Å². The zero-order chi connectivity index (χ0) is 12.7. The summed E-state index contributed by atoms with van der Waals surface area (Å²) in [6.45, 7) is 0. The monoisotopic (exact) mass is 249 g/mol. The van der Waals surface area contributed by atoms with Gasteiger partial charge in [0.05, 0.1) is 12.2 Å². The van der Waals surface area contributed by atoms with E-state index in [9.17, 15) is 9.18 Å². The molecule has 0 radical (unpaired) electrons. The van der Waals surface area contributed by atoms with Crippen LogP contribution in [-0.4, -0.2) is 39.8 Å². The number of rotatable bonds is 3. The van der Waals surface area contributed by atoms with Gasteiger partial charge in [-0.05, 0) is 6.07 Å². The Kier molecular flexibility index (Phi) is 2.39. The number of nitrogens with zero attached hydrogens (tertiary/aromatic N) is 3. The smallest absolute Gasteiger partial charge is 0.257 e. The van der Waals surface area contributed by atoms with Crippen LogP contribution in [0.3, 0.4) is 0 Å². The van der Waals surface area contributed by atoms with Crippen LogP contribution in [0, 0.1) is 0 Å². The highest BCUT2D eigenvalue weighted by Crippen LogP contribution is 2.25. The highest BCUT2D eigenvalue weighted by atomic mass is 19.1. The number of hydrogen-bond donors (Lipinski definition) is 2. The highest BCUT2D eigenvalue weighted by molar-refractivity contribution is 6.00.